The Hall–Kier alpha value is -1.26. The van der Waals surface area contributed by atoms with Gasteiger partial charge in [0.1, 0.15) is 0 Å². The van der Waals surface area contributed by atoms with Crippen molar-refractivity contribution in [3.63, 3.8) is 0 Å². The lowest BCUT2D eigenvalue weighted by molar-refractivity contribution is -0.137. The lowest BCUT2D eigenvalue weighted by atomic mass is 9.85. The van der Waals surface area contributed by atoms with Crippen LogP contribution in [0.4, 0.5) is 4.79 Å². The molecule has 1 fully saturated rings. The Morgan fingerprint density at radius 1 is 1.37 bits per heavy atom. The van der Waals surface area contributed by atoms with Crippen LogP contribution >= 0.6 is 0 Å². The number of hydrogen-bond donors (Lipinski definition) is 2. The molecule has 0 aromatic heterocycles. The topological polar surface area (TPSA) is 69.6 Å². The maximum Gasteiger partial charge on any atom is 0.317 e. The molecule has 0 radical (unpaired) electrons. The highest BCUT2D eigenvalue weighted by Crippen LogP contribution is 2.27. The number of carboxylic acid groups (broad SMARTS) is 1. The van der Waals surface area contributed by atoms with Crippen molar-refractivity contribution < 1.29 is 14.7 Å². The number of aliphatic carboxylic acids is 1. The van der Waals surface area contributed by atoms with Crippen LogP contribution in [-0.2, 0) is 4.79 Å². The van der Waals surface area contributed by atoms with Gasteiger partial charge in [0.25, 0.3) is 0 Å². The monoisotopic (exact) mass is 270 g/mol. The molecule has 0 aromatic rings. The van der Waals surface area contributed by atoms with Crippen molar-refractivity contribution in [2.24, 2.45) is 5.92 Å². The predicted octanol–water partition coefficient (Wildman–Crippen LogP) is 2.46. The van der Waals surface area contributed by atoms with Gasteiger partial charge in [-0.15, -0.1) is 0 Å². The van der Waals surface area contributed by atoms with E-state index in [-0.39, 0.29) is 24.5 Å². The summed E-state index contributed by atoms with van der Waals surface area (Å²) in [6.45, 7) is 4.07. The summed E-state index contributed by atoms with van der Waals surface area (Å²) in [5, 5.41) is 11.6. The second-order valence-corrected chi connectivity index (χ2v) is 5.59. The molecule has 1 aliphatic rings. The van der Waals surface area contributed by atoms with E-state index in [0.29, 0.717) is 12.3 Å². The van der Waals surface area contributed by atoms with E-state index in [1.165, 1.54) is 12.8 Å². The molecule has 19 heavy (non-hydrogen) atoms. The normalized spacial score (nSPS) is 24.6. The van der Waals surface area contributed by atoms with Crippen LogP contribution in [0, 0.1) is 5.92 Å². The summed E-state index contributed by atoms with van der Waals surface area (Å²) >= 11 is 0. The minimum Gasteiger partial charge on any atom is -0.481 e. The van der Waals surface area contributed by atoms with Crippen LogP contribution < -0.4 is 5.32 Å². The van der Waals surface area contributed by atoms with Gasteiger partial charge >= 0.3 is 12.0 Å². The molecule has 110 valence electrons. The zero-order valence-electron chi connectivity index (χ0n) is 12.2. The van der Waals surface area contributed by atoms with Gasteiger partial charge in [0.2, 0.25) is 0 Å². The number of nitrogens with zero attached hydrogens (tertiary/aromatic N) is 1. The fraction of sp³-hybridized carbons (Fsp3) is 0.857. The van der Waals surface area contributed by atoms with Gasteiger partial charge in [-0.25, -0.2) is 4.79 Å². The van der Waals surface area contributed by atoms with Gasteiger partial charge in [-0.2, -0.15) is 0 Å². The maximum atomic E-state index is 12.2. The molecular weight excluding hydrogens is 244 g/mol. The molecule has 3 atom stereocenters. The first-order valence-electron chi connectivity index (χ1n) is 7.20. The Morgan fingerprint density at radius 2 is 2.00 bits per heavy atom. The molecule has 0 aromatic carbocycles. The first-order valence-corrected chi connectivity index (χ1v) is 7.20. The predicted molar refractivity (Wildman–Crippen MR) is 74.0 cm³/mol. The Balaban J connectivity index is 2.53. The van der Waals surface area contributed by atoms with Crippen molar-refractivity contribution >= 4 is 12.0 Å². The SMILES string of the molecule is CCC(CC(=O)O)NC(=O)N(C)C1CCCCC1C. The van der Waals surface area contributed by atoms with Gasteiger partial charge < -0.3 is 15.3 Å². The zero-order valence-corrected chi connectivity index (χ0v) is 12.2. The highest BCUT2D eigenvalue weighted by Gasteiger charge is 2.28. The summed E-state index contributed by atoms with van der Waals surface area (Å²) < 4.78 is 0. The number of amides is 2. The Kier molecular flexibility index (Phi) is 6.12. The zero-order chi connectivity index (χ0) is 14.4. The minimum absolute atomic E-state index is 0.0176. The summed E-state index contributed by atoms with van der Waals surface area (Å²) in [4.78, 5) is 24.6. The van der Waals surface area contributed by atoms with Crippen LogP contribution in [0.15, 0.2) is 0 Å². The molecule has 5 nitrogen and oxygen atoms in total. The average Bonchev–Trinajstić information content (AvgIpc) is 2.37. The number of nitrogens with one attached hydrogen (secondary N) is 1. The Bertz CT molecular complexity index is 320. The molecule has 0 spiro atoms. The maximum absolute atomic E-state index is 12.2. The third-order valence-electron chi connectivity index (χ3n) is 4.13. The van der Waals surface area contributed by atoms with Gasteiger partial charge in [0.05, 0.1) is 6.42 Å². The third kappa shape index (κ3) is 4.73. The van der Waals surface area contributed by atoms with Crippen molar-refractivity contribution in [3.8, 4) is 0 Å². The molecule has 0 heterocycles. The number of rotatable bonds is 5. The van der Waals surface area contributed by atoms with Crippen LogP contribution in [0.1, 0.15) is 52.4 Å². The summed E-state index contributed by atoms with van der Waals surface area (Å²) in [5.74, 6) is -0.357. The Labute approximate surface area is 115 Å². The van der Waals surface area contributed by atoms with E-state index in [2.05, 4.69) is 12.2 Å². The van der Waals surface area contributed by atoms with Crippen molar-refractivity contribution in [2.45, 2.75) is 64.5 Å². The van der Waals surface area contributed by atoms with E-state index in [0.717, 1.165) is 12.8 Å². The molecule has 1 rings (SSSR count). The average molecular weight is 270 g/mol. The summed E-state index contributed by atoms with van der Waals surface area (Å²) in [7, 11) is 1.81. The van der Waals surface area contributed by atoms with Crippen LogP contribution in [0.25, 0.3) is 0 Å². The molecule has 1 saturated carbocycles. The molecule has 0 aliphatic heterocycles. The van der Waals surface area contributed by atoms with Crippen LogP contribution in [-0.4, -0.2) is 41.1 Å². The smallest absolute Gasteiger partial charge is 0.317 e. The van der Waals surface area contributed by atoms with Crippen LogP contribution in [0.3, 0.4) is 0 Å². The fourth-order valence-corrected chi connectivity index (χ4v) is 2.81. The fourth-order valence-electron chi connectivity index (χ4n) is 2.81. The second-order valence-electron chi connectivity index (χ2n) is 5.59. The van der Waals surface area contributed by atoms with Crippen LogP contribution in [0.2, 0.25) is 0 Å². The molecule has 0 bridgehead atoms. The highest BCUT2D eigenvalue weighted by atomic mass is 16.4. The lowest BCUT2D eigenvalue weighted by Crippen LogP contribution is -2.50. The molecule has 3 unspecified atom stereocenters. The molecule has 2 N–H and O–H groups in total. The Morgan fingerprint density at radius 3 is 2.53 bits per heavy atom. The first-order chi connectivity index (χ1) is 8.95. The number of urea groups is 1. The minimum atomic E-state index is -0.874. The van der Waals surface area contributed by atoms with Gasteiger partial charge in [0, 0.05) is 19.1 Å². The van der Waals surface area contributed by atoms with Gasteiger partial charge in [-0.3, -0.25) is 4.79 Å². The second kappa shape index (κ2) is 7.36. The van der Waals surface area contributed by atoms with E-state index >= 15 is 0 Å². The molecule has 1 aliphatic carbocycles. The standard InChI is InChI=1S/C14H26N2O3/c1-4-11(9-13(17)18)15-14(19)16(3)12-8-6-5-7-10(12)2/h10-12H,4-9H2,1-3H3,(H,15,19)(H,17,18). The first kappa shape index (κ1) is 15.8. The van der Waals surface area contributed by atoms with E-state index in [1.807, 2.05) is 14.0 Å². The third-order valence-corrected chi connectivity index (χ3v) is 4.13. The van der Waals surface area contributed by atoms with Crippen molar-refractivity contribution in [2.75, 3.05) is 7.05 Å². The van der Waals surface area contributed by atoms with E-state index in [1.54, 1.807) is 4.90 Å². The quantitative estimate of drug-likeness (QED) is 0.806. The van der Waals surface area contributed by atoms with Crippen molar-refractivity contribution in [1.29, 1.82) is 0 Å². The van der Waals surface area contributed by atoms with Crippen LogP contribution in [0.5, 0.6) is 0 Å². The highest BCUT2D eigenvalue weighted by molar-refractivity contribution is 5.76. The number of carboxylic acids is 1. The molecule has 2 amide bonds. The van der Waals surface area contributed by atoms with E-state index < -0.39 is 5.97 Å². The number of carbonyl (C=O) groups is 2. The largest absolute Gasteiger partial charge is 0.481 e. The van der Waals surface area contributed by atoms with Gasteiger partial charge in [0.15, 0.2) is 0 Å². The molecular formula is C14H26N2O3. The van der Waals surface area contributed by atoms with Crippen molar-refractivity contribution in [3.05, 3.63) is 0 Å². The van der Waals surface area contributed by atoms with Crippen molar-refractivity contribution in [1.82, 2.24) is 10.2 Å². The van der Waals surface area contributed by atoms with E-state index in [4.69, 9.17) is 5.11 Å². The summed E-state index contributed by atoms with van der Waals surface area (Å²) in [6.07, 6.45) is 5.22. The summed E-state index contributed by atoms with van der Waals surface area (Å²) in [6, 6.07) is -0.158. The number of hydrogen-bond acceptors (Lipinski definition) is 2. The lowest BCUT2D eigenvalue weighted by Gasteiger charge is -2.36. The van der Waals surface area contributed by atoms with Gasteiger partial charge in [-0.1, -0.05) is 26.7 Å². The number of carbonyl (C=O) groups excluding carboxylic acids is 1. The summed E-state index contributed by atoms with van der Waals surface area (Å²) in [5.41, 5.74) is 0. The molecule has 5 heteroatoms. The van der Waals surface area contributed by atoms with E-state index in [9.17, 15) is 9.59 Å². The molecule has 0 saturated heterocycles. The van der Waals surface area contributed by atoms with Gasteiger partial charge in [-0.05, 0) is 25.2 Å².